The van der Waals surface area contributed by atoms with Crippen LogP contribution in [-0.2, 0) is 0 Å². The highest BCUT2D eigenvalue weighted by atomic mass is 127. The minimum Gasteiger partial charge on any atom is -0.324 e. The van der Waals surface area contributed by atoms with Crippen molar-refractivity contribution in [2.45, 2.75) is 45.1 Å². The molecule has 0 saturated heterocycles. The third-order valence-electron chi connectivity index (χ3n) is 4.29. The molecule has 1 atom stereocenters. The molecule has 2 N–H and O–H groups in total. The smallest absolute Gasteiger partial charge is 0.0334 e. The van der Waals surface area contributed by atoms with Crippen molar-refractivity contribution in [3.63, 3.8) is 0 Å². The second kappa shape index (κ2) is 6.71. The van der Waals surface area contributed by atoms with E-state index in [0.29, 0.717) is 5.92 Å². The Morgan fingerprint density at radius 3 is 2.61 bits per heavy atom. The van der Waals surface area contributed by atoms with Gasteiger partial charge in [-0.15, -0.1) is 0 Å². The number of hydrogen-bond donors (Lipinski definition) is 1. The van der Waals surface area contributed by atoms with Crippen molar-refractivity contribution in [1.29, 1.82) is 0 Å². The van der Waals surface area contributed by atoms with Gasteiger partial charge in [-0.25, -0.2) is 0 Å². The summed E-state index contributed by atoms with van der Waals surface area (Å²) in [6.07, 6.45) is 6.64. The van der Waals surface area contributed by atoms with Crippen LogP contribution >= 0.6 is 38.5 Å². The first-order valence-electron chi connectivity index (χ1n) is 6.82. The predicted molar refractivity (Wildman–Crippen MR) is 89.5 cm³/mol. The number of benzene rings is 1. The Bertz CT molecular complexity index is 399. The van der Waals surface area contributed by atoms with Crippen molar-refractivity contribution >= 4 is 38.5 Å². The maximum atomic E-state index is 6.50. The minimum atomic E-state index is 0.201. The lowest BCUT2D eigenvalue weighted by Crippen LogP contribution is -2.26. The summed E-state index contributed by atoms with van der Waals surface area (Å²) in [7, 11) is 0. The zero-order chi connectivity index (χ0) is 13.1. The molecule has 100 valence electrons. The van der Waals surface area contributed by atoms with Gasteiger partial charge in [0.05, 0.1) is 0 Å². The van der Waals surface area contributed by atoms with E-state index < -0.39 is 0 Å². The lowest BCUT2D eigenvalue weighted by atomic mass is 9.76. The number of halogens is 2. The first-order valence-corrected chi connectivity index (χ1v) is 8.69. The molecule has 0 aromatic heterocycles. The third-order valence-corrected chi connectivity index (χ3v) is 5.77. The molecule has 1 unspecified atom stereocenters. The average molecular weight is 422 g/mol. The van der Waals surface area contributed by atoms with Crippen LogP contribution in [0.1, 0.15) is 50.6 Å². The van der Waals surface area contributed by atoms with Crippen molar-refractivity contribution in [2.24, 2.45) is 17.6 Å². The molecule has 3 heteroatoms. The SMILES string of the molecule is CCC1CCC(C(N)c2cc(Br)ccc2I)CC1. The normalized spacial score (nSPS) is 26.0. The fraction of sp³-hybridized carbons (Fsp3) is 0.600. The summed E-state index contributed by atoms with van der Waals surface area (Å²) in [5, 5.41) is 0. The molecular weight excluding hydrogens is 401 g/mol. The quantitative estimate of drug-likeness (QED) is 0.661. The molecule has 1 aliphatic rings. The zero-order valence-electron chi connectivity index (χ0n) is 10.8. The van der Waals surface area contributed by atoms with Crippen LogP contribution in [0.2, 0.25) is 0 Å². The summed E-state index contributed by atoms with van der Waals surface area (Å²) in [5.74, 6) is 1.60. The maximum absolute atomic E-state index is 6.50. The van der Waals surface area contributed by atoms with Gasteiger partial charge in [-0.2, -0.15) is 0 Å². The Labute approximate surface area is 132 Å². The molecule has 0 aliphatic heterocycles. The molecule has 0 radical (unpaired) electrons. The predicted octanol–water partition coefficient (Wildman–Crippen LogP) is 5.27. The second-order valence-corrected chi connectivity index (χ2v) is 7.46. The van der Waals surface area contributed by atoms with Gasteiger partial charge in [0, 0.05) is 14.1 Å². The molecule has 0 spiro atoms. The Morgan fingerprint density at radius 2 is 2.00 bits per heavy atom. The van der Waals surface area contributed by atoms with Crippen molar-refractivity contribution < 1.29 is 0 Å². The summed E-state index contributed by atoms with van der Waals surface area (Å²) in [4.78, 5) is 0. The Balaban J connectivity index is 2.07. The van der Waals surface area contributed by atoms with Gasteiger partial charge in [-0.05, 0) is 71.0 Å². The van der Waals surface area contributed by atoms with Gasteiger partial charge >= 0.3 is 0 Å². The van der Waals surface area contributed by atoms with E-state index in [0.717, 1.165) is 10.4 Å². The summed E-state index contributed by atoms with van der Waals surface area (Å²) < 4.78 is 2.43. The summed E-state index contributed by atoms with van der Waals surface area (Å²) in [6, 6.07) is 6.63. The van der Waals surface area contributed by atoms with E-state index in [1.807, 2.05) is 0 Å². The van der Waals surface area contributed by atoms with E-state index in [1.165, 1.54) is 41.2 Å². The molecule has 1 saturated carbocycles. The molecule has 0 bridgehead atoms. The molecule has 0 amide bonds. The minimum absolute atomic E-state index is 0.201. The highest BCUT2D eigenvalue weighted by molar-refractivity contribution is 14.1. The number of hydrogen-bond acceptors (Lipinski definition) is 1. The molecule has 1 aromatic rings. The van der Waals surface area contributed by atoms with E-state index in [1.54, 1.807) is 0 Å². The van der Waals surface area contributed by atoms with Crippen LogP contribution in [0.25, 0.3) is 0 Å². The highest BCUT2D eigenvalue weighted by Crippen LogP contribution is 2.38. The Kier molecular flexibility index (Phi) is 5.51. The first-order chi connectivity index (χ1) is 8.61. The van der Waals surface area contributed by atoms with Crippen LogP contribution in [0.5, 0.6) is 0 Å². The van der Waals surface area contributed by atoms with Crippen molar-refractivity contribution in [2.75, 3.05) is 0 Å². The average Bonchev–Trinajstić information content (AvgIpc) is 2.41. The number of nitrogens with two attached hydrogens (primary N) is 1. The monoisotopic (exact) mass is 421 g/mol. The van der Waals surface area contributed by atoms with Crippen LogP contribution in [0.4, 0.5) is 0 Å². The molecule has 0 heterocycles. The van der Waals surface area contributed by atoms with E-state index in [-0.39, 0.29) is 6.04 Å². The maximum Gasteiger partial charge on any atom is 0.0334 e. The lowest BCUT2D eigenvalue weighted by molar-refractivity contribution is 0.239. The van der Waals surface area contributed by atoms with E-state index in [2.05, 4.69) is 63.6 Å². The van der Waals surface area contributed by atoms with Gasteiger partial charge in [0.15, 0.2) is 0 Å². The molecule has 1 fully saturated rings. The molecule has 18 heavy (non-hydrogen) atoms. The standard InChI is InChI=1S/C15H21BrIN/c1-2-10-3-5-11(6-4-10)15(18)13-9-12(16)7-8-14(13)17/h7-11,15H,2-6,18H2,1H3. The lowest BCUT2D eigenvalue weighted by Gasteiger charge is -2.32. The van der Waals surface area contributed by atoms with Gasteiger partial charge in [0.25, 0.3) is 0 Å². The van der Waals surface area contributed by atoms with Gasteiger partial charge in [-0.1, -0.05) is 42.1 Å². The largest absolute Gasteiger partial charge is 0.324 e. The van der Waals surface area contributed by atoms with Crippen LogP contribution in [0, 0.1) is 15.4 Å². The van der Waals surface area contributed by atoms with Crippen LogP contribution < -0.4 is 5.73 Å². The zero-order valence-corrected chi connectivity index (χ0v) is 14.6. The van der Waals surface area contributed by atoms with E-state index in [9.17, 15) is 0 Å². The highest BCUT2D eigenvalue weighted by Gasteiger charge is 2.26. The van der Waals surface area contributed by atoms with Crippen LogP contribution in [0.3, 0.4) is 0 Å². The molecular formula is C15H21BrIN. The van der Waals surface area contributed by atoms with Gasteiger partial charge in [0.2, 0.25) is 0 Å². The number of rotatable bonds is 3. The molecule has 1 aromatic carbocycles. The first kappa shape index (κ1) is 14.8. The van der Waals surface area contributed by atoms with E-state index >= 15 is 0 Å². The fourth-order valence-electron chi connectivity index (χ4n) is 2.98. The van der Waals surface area contributed by atoms with Crippen LogP contribution in [-0.4, -0.2) is 0 Å². The van der Waals surface area contributed by atoms with Crippen LogP contribution in [0.15, 0.2) is 22.7 Å². The van der Waals surface area contributed by atoms with Gasteiger partial charge < -0.3 is 5.73 Å². The van der Waals surface area contributed by atoms with Crippen molar-refractivity contribution in [1.82, 2.24) is 0 Å². The third kappa shape index (κ3) is 3.48. The fourth-order valence-corrected chi connectivity index (χ4v) is 4.05. The summed E-state index contributed by atoms with van der Waals surface area (Å²) in [6.45, 7) is 2.31. The summed E-state index contributed by atoms with van der Waals surface area (Å²) >= 11 is 5.95. The molecule has 1 nitrogen and oxygen atoms in total. The van der Waals surface area contributed by atoms with Gasteiger partial charge in [-0.3, -0.25) is 0 Å². The van der Waals surface area contributed by atoms with E-state index in [4.69, 9.17) is 5.73 Å². The summed E-state index contributed by atoms with van der Waals surface area (Å²) in [5.41, 5.74) is 7.81. The molecule has 1 aliphatic carbocycles. The second-order valence-electron chi connectivity index (χ2n) is 5.38. The Morgan fingerprint density at radius 1 is 1.33 bits per heavy atom. The molecule has 2 rings (SSSR count). The topological polar surface area (TPSA) is 26.0 Å². The van der Waals surface area contributed by atoms with Crippen molar-refractivity contribution in [3.05, 3.63) is 31.8 Å². The van der Waals surface area contributed by atoms with Gasteiger partial charge in [0.1, 0.15) is 0 Å². The van der Waals surface area contributed by atoms with Crippen molar-refractivity contribution in [3.8, 4) is 0 Å². The Hall–Kier alpha value is 0.390.